The summed E-state index contributed by atoms with van der Waals surface area (Å²) in [6.45, 7) is 0.992. The van der Waals surface area contributed by atoms with Crippen molar-refractivity contribution in [3.63, 3.8) is 0 Å². The van der Waals surface area contributed by atoms with Crippen LogP contribution in [0.3, 0.4) is 0 Å². The fourth-order valence-corrected chi connectivity index (χ4v) is 3.66. The largest absolute Gasteiger partial charge is 0.497 e. The molecule has 32 heavy (non-hydrogen) atoms. The highest BCUT2D eigenvalue weighted by Crippen LogP contribution is 2.35. The predicted molar refractivity (Wildman–Crippen MR) is 125 cm³/mol. The van der Waals surface area contributed by atoms with Crippen LogP contribution in [0.4, 0.5) is 11.4 Å². The van der Waals surface area contributed by atoms with E-state index in [1.807, 2.05) is 12.1 Å². The van der Waals surface area contributed by atoms with Crippen molar-refractivity contribution in [1.82, 2.24) is 0 Å². The molecular weight excluding hydrogens is 476 g/mol. The Labute approximate surface area is 193 Å². The minimum atomic E-state index is -0.242. The number of benzene rings is 3. The molecule has 0 radical (unpaired) electrons. The molecule has 1 heterocycles. The van der Waals surface area contributed by atoms with Crippen LogP contribution in [0.5, 0.6) is 17.2 Å². The normalized spacial score (nSPS) is 12.1. The lowest BCUT2D eigenvalue weighted by molar-refractivity contribution is -0.115. The van der Waals surface area contributed by atoms with Crippen LogP contribution in [0.15, 0.2) is 65.1 Å². The van der Waals surface area contributed by atoms with Crippen LogP contribution in [-0.4, -0.2) is 32.1 Å². The van der Waals surface area contributed by atoms with Gasteiger partial charge in [0.25, 0.3) is 5.91 Å². The molecule has 0 saturated heterocycles. The lowest BCUT2D eigenvalue weighted by Gasteiger charge is -2.19. The van der Waals surface area contributed by atoms with Crippen LogP contribution in [0.25, 0.3) is 0 Å². The van der Waals surface area contributed by atoms with Gasteiger partial charge in [-0.05, 0) is 66.2 Å². The highest BCUT2D eigenvalue weighted by atomic mass is 79.9. The number of anilines is 2. The van der Waals surface area contributed by atoms with Crippen LogP contribution >= 0.6 is 15.9 Å². The maximum Gasteiger partial charge on any atom is 0.255 e. The number of ether oxygens (including phenoxy) is 3. The van der Waals surface area contributed by atoms with E-state index in [4.69, 9.17) is 14.2 Å². The molecule has 0 bridgehead atoms. The first-order chi connectivity index (χ1) is 15.5. The molecule has 7 nitrogen and oxygen atoms in total. The SMILES string of the molecule is COc1ccc(NC(=O)c2ccc(NC(=O)Cc3cc4c(cc3Br)OCCO4)cc2)cc1. The molecule has 1 aliphatic rings. The van der Waals surface area contributed by atoms with Crippen LogP contribution in [0.2, 0.25) is 0 Å². The molecule has 164 valence electrons. The molecule has 1 aliphatic heterocycles. The van der Waals surface area contributed by atoms with Gasteiger partial charge in [0.1, 0.15) is 19.0 Å². The lowest BCUT2D eigenvalue weighted by Crippen LogP contribution is -2.17. The van der Waals surface area contributed by atoms with Crippen molar-refractivity contribution < 1.29 is 23.8 Å². The molecule has 0 spiro atoms. The van der Waals surface area contributed by atoms with Gasteiger partial charge in [-0.25, -0.2) is 0 Å². The number of methoxy groups -OCH3 is 1. The Hall–Kier alpha value is -3.52. The van der Waals surface area contributed by atoms with E-state index in [1.165, 1.54) is 0 Å². The minimum Gasteiger partial charge on any atom is -0.497 e. The maximum atomic E-state index is 12.5. The summed E-state index contributed by atoms with van der Waals surface area (Å²) in [6.07, 6.45) is 0.164. The van der Waals surface area contributed by atoms with Gasteiger partial charge >= 0.3 is 0 Å². The molecule has 2 N–H and O–H groups in total. The Morgan fingerprint density at radius 1 is 0.906 bits per heavy atom. The minimum absolute atomic E-state index is 0.164. The highest BCUT2D eigenvalue weighted by molar-refractivity contribution is 9.10. The summed E-state index contributed by atoms with van der Waals surface area (Å²) in [4.78, 5) is 25.0. The van der Waals surface area contributed by atoms with Crippen molar-refractivity contribution >= 4 is 39.1 Å². The van der Waals surface area contributed by atoms with E-state index in [2.05, 4.69) is 26.6 Å². The van der Waals surface area contributed by atoms with Crippen molar-refractivity contribution in [2.24, 2.45) is 0 Å². The van der Waals surface area contributed by atoms with E-state index in [0.29, 0.717) is 47.4 Å². The zero-order chi connectivity index (χ0) is 22.5. The molecule has 4 rings (SSSR count). The Balaban J connectivity index is 1.36. The molecule has 3 aromatic rings. The van der Waals surface area contributed by atoms with Gasteiger partial charge in [0, 0.05) is 21.4 Å². The number of nitrogens with one attached hydrogen (secondary N) is 2. The van der Waals surface area contributed by atoms with E-state index in [1.54, 1.807) is 55.6 Å². The first kappa shape index (κ1) is 21.7. The zero-order valence-electron chi connectivity index (χ0n) is 17.3. The van der Waals surface area contributed by atoms with Gasteiger partial charge < -0.3 is 24.8 Å². The molecular formula is C24H21BrN2O5. The summed E-state index contributed by atoms with van der Waals surface area (Å²) >= 11 is 3.48. The van der Waals surface area contributed by atoms with Gasteiger partial charge in [-0.15, -0.1) is 0 Å². The maximum absolute atomic E-state index is 12.5. The summed E-state index contributed by atoms with van der Waals surface area (Å²) in [7, 11) is 1.59. The van der Waals surface area contributed by atoms with E-state index in [-0.39, 0.29) is 18.2 Å². The second-order valence-electron chi connectivity index (χ2n) is 7.07. The summed E-state index contributed by atoms with van der Waals surface area (Å²) in [5.74, 6) is 1.59. The van der Waals surface area contributed by atoms with Crippen molar-refractivity contribution in [2.75, 3.05) is 31.0 Å². The molecule has 0 atom stereocenters. The number of hydrogen-bond acceptors (Lipinski definition) is 5. The number of carbonyl (C=O) groups excluding carboxylic acids is 2. The van der Waals surface area contributed by atoms with Crippen LogP contribution in [-0.2, 0) is 11.2 Å². The van der Waals surface area contributed by atoms with Crippen molar-refractivity contribution in [3.05, 3.63) is 76.3 Å². The standard InChI is InChI=1S/C24H21BrN2O5/c1-30-19-8-6-18(7-9-19)27-24(29)15-2-4-17(5-3-15)26-23(28)13-16-12-21-22(14-20(16)25)32-11-10-31-21/h2-9,12,14H,10-11,13H2,1H3,(H,26,28)(H,27,29). The smallest absolute Gasteiger partial charge is 0.255 e. The average molecular weight is 497 g/mol. The molecule has 8 heteroatoms. The van der Waals surface area contributed by atoms with Crippen molar-refractivity contribution in [3.8, 4) is 17.2 Å². The van der Waals surface area contributed by atoms with Gasteiger partial charge in [-0.1, -0.05) is 15.9 Å². The monoisotopic (exact) mass is 496 g/mol. The zero-order valence-corrected chi connectivity index (χ0v) is 18.9. The fraction of sp³-hybridized carbons (Fsp3) is 0.167. The Bertz CT molecular complexity index is 1130. The van der Waals surface area contributed by atoms with Crippen LogP contribution < -0.4 is 24.8 Å². The highest BCUT2D eigenvalue weighted by Gasteiger charge is 2.17. The molecule has 0 unspecified atom stereocenters. The van der Waals surface area contributed by atoms with Gasteiger partial charge in [0.05, 0.1) is 13.5 Å². The number of amides is 2. The van der Waals surface area contributed by atoms with E-state index >= 15 is 0 Å². The third kappa shape index (κ3) is 5.20. The quantitative estimate of drug-likeness (QED) is 0.518. The van der Waals surface area contributed by atoms with Crippen LogP contribution in [0, 0.1) is 0 Å². The van der Waals surface area contributed by atoms with E-state index in [9.17, 15) is 9.59 Å². The van der Waals surface area contributed by atoms with Gasteiger partial charge in [0.2, 0.25) is 5.91 Å². The first-order valence-corrected chi connectivity index (χ1v) is 10.7. The lowest BCUT2D eigenvalue weighted by atomic mass is 10.1. The molecule has 3 aromatic carbocycles. The third-order valence-corrected chi connectivity index (χ3v) is 5.58. The predicted octanol–water partition coefficient (Wildman–Crippen LogP) is 4.66. The number of rotatable bonds is 6. The Morgan fingerprint density at radius 3 is 2.16 bits per heavy atom. The van der Waals surface area contributed by atoms with E-state index < -0.39 is 0 Å². The molecule has 0 saturated carbocycles. The Morgan fingerprint density at radius 2 is 1.50 bits per heavy atom. The second-order valence-corrected chi connectivity index (χ2v) is 7.93. The third-order valence-electron chi connectivity index (χ3n) is 4.84. The molecule has 0 aromatic heterocycles. The average Bonchev–Trinajstić information content (AvgIpc) is 2.80. The van der Waals surface area contributed by atoms with Gasteiger partial charge in [0.15, 0.2) is 11.5 Å². The van der Waals surface area contributed by atoms with Gasteiger partial charge in [-0.3, -0.25) is 9.59 Å². The topological polar surface area (TPSA) is 85.9 Å². The number of fused-ring (bicyclic) bond motifs is 1. The molecule has 2 amide bonds. The van der Waals surface area contributed by atoms with Gasteiger partial charge in [-0.2, -0.15) is 0 Å². The van der Waals surface area contributed by atoms with E-state index in [0.717, 1.165) is 10.0 Å². The fourth-order valence-electron chi connectivity index (χ4n) is 3.20. The summed E-state index contributed by atoms with van der Waals surface area (Å²) in [5, 5.41) is 5.67. The summed E-state index contributed by atoms with van der Waals surface area (Å²) in [6, 6.07) is 17.4. The molecule has 0 aliphatic carbocycles. The number of halogens is 1. The molecule has 0 fully saturated rings. The second kappa shape index (κ2) is 9.74. The van der Waals surface area contributed by atoms with Crippen molar-refractivity contribution in [1.29, 1.82) is 0 Å². The Kier molecular flexibility index (Phi) is 6.61. The number of hydrogen-bond donors (Lipinski definition) is 2. The van der Waals surface area contributed by atoms with Crippen LogP contribution in [0.1, 0.15) is 15.9 Å². The summed E-state index contributed by atoms with van der Waals surface area (Å²) < 4.78 is 17.0. The van der Waals surface area contributed by atoms with Crippen molar-refractivity contribution in [2.45, 2.75) is 6.42 Å². The summed E-state index contributed by atoms with van der Waals surface area (Å²) in [5.41, 5.74) is 2.54. The number of carbonyl (C=O) groups is 2. The first-order valence-electron chi connectivity index (χ1n) is 9.95.